The van der Waals surface area contributed by atoms with Crippen LogP contribution in [0.15, 0.2) is 34.7 Å². The number of para-hydroxylation sites is 1. The van der Waals surface area contributed by atoms with E-state index < -0.39 is 0 Å². The topological polar surface area (TPSA) is 46.0 Å². The van der Waals surface area contributed by atoms with Gasteiger partial charge in [-0.15, -0.1) is 0 Å². The lowest BCUT2D eigenvalue weighted by Gasteiger charge is -1.88. The molecule has 2 heterocycles. The molecule has 3 nitrogen and oxygen atoms in total. The zero-order chi connectivity index (χ0) is 10.4. The van der Waals surface area contributed by atoms with Crippen molar-refractivity contribution in [1.82, 2.24) is 4.98 Å². The van der Waals surface area contributed by atoms with Crippen LogP contribution >= 0.6 is 0 Å². The molecule has 1 N–H and O–H groups in total. The summed E-state index contributed by atoms with van der Waals surface area (Å²) in [6.45, 7) is 1.50. The third-order valence-corrected chi connectivity index (χ3v) is 2.52. The van der Waals surface area contributed by atoms with E-state index in [1.807, 2.05) is 24.3 Å². The first-order chi connectivity index (χ1) is 7.25. The Bertz CT molecular complexity index is 660. The number of aromatic amines is 1. The van der Waals surface area contributed by atoms with Crippen molar-refractivity contribution in [2.45, 2.75) is 6.92 Å². The van der Waals surface area contributed by atoms with Crippen LogP contribution in [0.3, 0.4) is 0 Å². The molecule has 0 spiro atoms. The number of nitrogens with one attached hydrogen (secondary N) is 1. The molecular weight excluding hydrogens is 190 g/mol. The minimum atomic E-state index is -0.0521. The maximum atomic E-state index is 11.1. The van der Waals surface area contributed by atoms with E-state index in [9.17, 15) is 4.79 Å². The predicted octanol–water partition coefficient (Wildman–Crippen LogP) is 3.12. The Morgan fingerprint density at radius 3 is 2.87 bits per heavy atom. The summed E-state index contributed by atoms with van der Waals surface area (Å²) >= 11 is 0. The van der Waals surface area contributed by atoms with Crippen LogP contribution in [0.4, 0.5) is 0 Å². The second-order valence-electron chi connectivity index (χ2n) is 3.58. The fourth-order valence-electron chi connectivity index (χ4n) is 1.79. The van der Waals surface area contributed by atoms with E-state index in [1.54, 1.807) is 6.07 Å². The lowest BCUT2D eigenvalue weighted by molar-refractivity contribution is 0.0989. The third kappa shape index (κ3) is 1.09. The summed E-state index contributed by atoms with van der Waals surface area (Å²) in [5, 5.41) is 1.01. The van der Waals surface area contributed by atoms with E-state index >= 15 is 0 Å². The van der Waals surface area contributed by atoms with E-state index in [2.05, 4.69) is 4.98 Å². The standard InChI is InChI=1S/C12H9NO2/c1-7(14)11-6-10-12(15-11)8-4-2-3-5-9(8)13-10/h2-6,13H,1H3. The fourth-order valence-corrected chi connectivity index (χ4v) is 1.79. The van der Waals surface area contributed by atoms with Crippen LogP contribution in [0, 0.1) is 0 Å². The molecule has 0 amide bonds. The van der Waals surface area contributed by atoms with Gasteiger partial charge in [0.15, 0.2) is 17.1 Å². The Morgan fingerprint density at radius 2 is 2.07 bits per heavy atom. The molecule has 0 bridgehead atoms. The zero-order valence-electron chi connectivity index (χ0n) is 8.20. The average molecular weight is 199 g/mol. The van der Waals surface area contributed by atoms with Gasteiger partial charge >= 0.3 is 0 Å². The number of Topliss-reactive ketones (excluding diaryl/α,β-unsaturated/α-hetero) is 1. The van der Waals surface area contributed by atoms with Crippen molar-refractivity contribution < 1.29 is 9.21 Å². The summed E-state index contributed by atoms with van der Waals surface area (Å²) in [7, 11) is 0. The summed E-state index contributed by atoms with van der Waals surface area (Å²) in [5.74, 6) is 0.352. The number of hydrogen-bond acceptors (Lipinski definition) is 2. The minimum absolute atomic E-state index is 0.0521. The van der Waals surface area contributed by atoms with Gasteiger partial charge in [0.25, 0.3) is 0 Å². The van der Waals surface area contributed by atoms with E-state index in [1.165, 1.54) is 6.92 Å². The maximum Gasteiger partial charge on any atom is 0.195 e. The number of fused-ring (bicyclic) bond motifs is 3. The van der Waals surface area contributed by atoms with Crippen LogP contribution in [-0.2, 0) is 0 Å². The number of aromatic nitrogens is 1. The second-order valence-corrected chi connectivity index (χ2v) is 3.58. The number of hydrogen-bond donors (Lipinski definition) is 1. The minimum Gasteiger partial charge on any atom is -0.451 e. The summed E-state index contributed by atoms with van der Waals surface area (Å²) in [6.07, 6.45) is 0. The normalized spacial score (nSPS) is 11.3. The zero-order valence-corrected chi connectivity index (χ0v) is 8.20. The van der Waals surface area contributed by atoms with Gasteiger partial charge in [0.1, 0.15) is 0 Å². The molecule has 74 valence electrons. The van der Waals surface area contributed by atoms with Crippen molar-refractivity contribution in [2.75, 3.05) is 0 Å². The number of H-pyrrole nitrogens is 1. The van der Waals surface area contributed by atoms with Gasteiger partial charge in [-0.3, -0.25) is 4.79 Å². The first-order valence-corrected chi connectivity index (χ1v) is 4.77. The summed E-state index contributed by atoms with van der Waals surface area (Å²) in [5.41, 5.74) is 2.67. The molecule has 0 aliphatic carbocycles. The van der Waals surface area contributed by atoms with Crippen LogP contribution in [0.25, 0.3) is 22.0 Å². The van der Waals surface area contributed by atoms with Gasteiger partial charge in [0, 0.05) is 23.9 Å². The van der Waals surface area contributed by atoms with E-state index in [0.29, 0.717) is 5.76 Å². The summed E-state index contributed by atoms with van der Waals surface area (Å²) in [4.78, 5) is 14.3. The lowest BCUT2D eigenvalue weighted by atomic mass is 10.2. The number of carbonyl (C=O) groups excluding carboxylic acids is 1. The van der Waals surface area contributed by atoms with Crippen molar-refractivity contribution in [1.29, 1.82) is 0 Å². The van der Waals surface area contributed by atoms with Crippen LogP contribution in [0.5, 0.6) is 0 Å². The molecule has 0 unspecified atom stereocenters. The number of rotatable bonds is 1. The maximum absolute atomic E-state index is 11.1. The van der Waals surface area contributed by atoms with Crippen molar-refractivity contribution in [3.63, 3.8) is 0 Å². The number of benzene rings is 1. The van der Waals surface area contributed by atoms with Gasteiger partial charge < -0.3 is 9.40 Å². The number of carbonyl (C=O) groups is 1. The molecule has 0 saturated carbocycles. The molecule has 2 aromatic heterocycles. The molecule has 0 fully saturated rings. The molecule has 3 heteroatoms. The molecule has 1 aromatic carbocycles. The van der Waals surface area contributed by atoms with Gasteiger partial charge in [0.2, 0.25) is 0 Å². The number of furan rings is 1. The monoisotopic (exact) mass is 199 g/mol. The van der Waals surface area contributed by atoms with Crippen molar-refractivity contribution in [3.05, 3.63) is 36.1 Å². The molecule has 0 saturated heterocycles. The first kappa shape index (κ1) is 8.29. The molecule has 0 radical (unpaired) electrons. The Kier molecular flexibility index (Phi) is 1.51. The highest BCUT2D eigenvalue weighted by Gasteiger charge is 2.12. The van der Waals surface area contributed by atoms with E-state index in [-0.39, 0.29) is 5.78 Å². The van der Waals surface area contributed by atoms with Crippen LogP contribution in [0.1, 0.15) is 17.5 Å². The van der Waals surface area contributed by atoms with Gasteiger partial charge in [-0.1, -0.05) is 12.1 Å². The highest BCUT2D eigenvalue weighted by Crippen LogP contribution is 2.27. The Hall–Kier alpha value is -2.03. The Labute approximate surface area is 85.7 Å². The molecule has 3 rings (SSSR count). The van der Waals surface area contributed by atoms with Gasteiger partial charge in [-0.05, 0) is 12.1 Å². The quantitative estimate of drug-likeness (QED) is 0.612. The molecule has 15 heavy (non-hydrogen) atoms. The Morgan fingerprint density at radius 1 is 1.27 bits per heavy atom. The average Bonchev–Trinajstić information content (AvgIpc) is 2.73. The molecular formula is C12H9NO2. The van der Waals surface area contributed by atoms with Crippen molar-refractivity contribution in [3.8, 4) is 0 Å². The third-order valence-electron chi connectivity index (χ3n) is 2.52. The van der Waals surface area contributed by atoms with Crippen molar-refractivity contribution in [2.24, 2.45) is 0 Å². The second kappa shape index (κ2) is 2.73. The van der Waals surface area contributed by atoms with Crippen molar-refractivity contribution >= 4 is 27.8 Å². The van der Waals surface area contributed by atoms with E-state index in [4.69, 9.17) is 4.42 Å². The van der Waals surface area contributed by atoms with Crippen LogP contribution in [0.2, 0.25) is 0 Å². The molecule has 3 aromatic rings. The van der Waals surface area contributed by atoms with Gasteiger partial charge in [-0.25, -0.2) is 0 Å². The first-order valence-electron chi connectivity index (χ1n) is 4.77. The smallest absolute Gasteiger partial charge is 0.195 e. The lowest BCUT2D eigenvalue weighted by Crippen LogP contribution is -1.86. The SMILES string of the molecule is CC(=O)c1cc2[nH]c3ccccc3c2o1. The predicted molar refractivity (Wildman–Crippen MR) is 58.1 cm³/mol. The van der Waals surface area contributed by atoms with Crippen LogP contribution in [-0.4, -0.2) is 10.8 Å². The fraction of sp³-hybridized carbons (Fsp3) is 0.0833. The summed E-state index contributed by atoms with van der Waals surface area (Å²) in [6, 6.07) is 9.62. The molecule has 0 atom stereocenters. The van der Waals surface area contributed by atoms with E-state index in [0.717, 1.165) is 22.0 Å². The van der Waals surface area contributed by atoms with Gasteiger partial charge in [-0.2, -0.15) is 0 Å². The largest absolute Gasteiger partial charge is 0.451 e. The molecule has 0 aliphatic rings. The Balaban J connectivity index is 2.42. The highest BCUT2D eigenvalue weighted by atomic mass is 16.3. The molecule has 0 aliphatic heterocycles. The number of ketones is 1. The van der Waals surface area contributed by atoms with Crippen LogP contribution < -0.4 is 0 Å². The highest BCUT2D eigenvalue weighted by molar-refractivity contribution is 6.06. The summed E-state index contributed by atoms with van der Waals surface area (Å²) < 4.78 is 5.50. The van der Waals surface area contributed by atoms with Gasteiger partial charge in [0.05, 0.1) is 5.52 Å².